The molecule has 1 aromatic carbocycles. The number of piperidine rings is 1. The molecule has 1 aliphatic heterocycles. The Hall–Kier alpha value is -2.61. The van der Waals surface area contributed by atoms with E-state index in [9.17, 15) is 5.11 Å². The Kier molecular flexibility index (Phi) is 4.66. The Morgan fingerprint density at radius 3 is 2.59 bits per heavy atom. The molecule has 1 saturated heterocycles. The van der Waals surface area contributed by atoms with E-state index in [2.05, 4.69) is 25.4 Å². The van der Waals surface area contributed by atoms with Gasteiger partial charge in [0.05, 0.1) is 33.4 Å². The van der Waals surface area contributed by atoms with Crippen molar-refractivity contribution in [3.63, 3.8) is 0 Å². The van der Waals surface area contributed by atoms with E-state index >= 15 is 0 Å². The molecule has 7 nitrogen and oxygen atoms in total. The summed E-state index contributed by atoms with van der Waals surface area (Å²) < 4.78 is 2.03. The quantitative estimate of drug-likeness (QED) is 0.448. The van der Waals surface area contributed by atoms with Gasteiger partial charge in [-0.05, 0) is 43.6 Å². The van der Waals surface area contributed by atoms with Gasteiger partial charge in [-0.15, -0.1) is 0 Å². The monoisotopic (exact) mass is 428 g/mol. The SMILES string of the molecule is Oc1c(Cl)cc(-c2c[nH]c3ncnc(-c4cnn(C5CCNCC5)c4)c23)cc1Cl. The zero-order valence-electron chi connectivity index (χ0n) is 15.4. The Morgan fingerprint density at radius 2 is 1.83 bits per heavy atom. The zero-order chi connectivity index (χ0) is 20.0. The van der Waals surface area contributed by atoms with Crippen molar-refractivity contribution in [3.8, 4) is 28.1 Å². The van der Waals surface area contributed by atoms with Crippen LogP contribution in [0, 0.1) is 0 Å². The summed E-state index contributed by atoms with van der Waals surface area (Å²) >= 11 is 12.3. The molecule has 0 unspecified atom stereocenters. The molecule has 0 bridgehead atoms. The molecular formula is C20H18Cl2N6O. The standard InChI is InChI=1S/C20H18Cl2N6O/c21-15-5-11(6-16(22)19(15)29)14-8-24-20-17(14)18(25-10-26-20)12-7-27-28(9-12)13-1-3-23-4-2-13/h5-10,13,23,29H,1-4H2,(H,24,25,26). The molecule has 5 rings (SSSR count). The van der Waals surface area contributed by atoms with Gasteiger partial charge in [0.2, 0.25) is 0 Å². The number of aromatic hydroxyl groups is 1. The van der Waals surface area contributed by atoms with Crippen molar-refractivity contribution in [2.75, 3.05) is 13.1 Å². The Balaban J connectivity index is 1.63. The van der Waals surface area contributed by atoms with E-state index in [4.69, 9.17) is 23.2 Å². The van der Waals surface area contributed by atoms with E-state index in [-0.39, 0.29) is 15.8 Å². The fourth-order valence-electron chi connectivity index (χ4n) is 3.86. The molecule has 0 aliphatic carbocycles. The second-order valence-electron chi connectivity index (χ2n) is 7.13. The third-order valence-corrected chi connectivity index (χ3v) is 5.93. The van der Waals surface area contributed by atoms with E-state index in [0.717, 1.165) is 53.7 Å². The molecule has 0 spiro atoms. The first kappa shape index (κ1) is 18.4. The molecule has 0 amide bonds. The van der Waals surface area contributed by atoms with Gasteiger partial charge in [0.25, 0.3) is 0 Å². The summed E-state index contributed by atoms with van der Waals surface area (Å²) in [5.74, 6) is -0.128. The van der Waals surface area contributed by atoms with Gasteiger partial charge in [0.1, 0.15) is 12.0 Å². The van der Waals surface area contributed by atoms with Crippen LogP contribution in [0.25, 0.3) is 33.4 Å². The number of aromatic amines is 1. The average molecular weight is 429 g/mol. The number of hydrogen-bond donors (Lipinski definition) is 3. The predicted molar refractivity (Wildman–Crippen MR) is 113 cm³/mol. The second kappa shape index (κ2) is 7.33. The number of rotatable bonds is 3. The van der Waals surface area contributed by atoms with E-state index in [1.807, 2.05) is 23.3 Å². The maximum absolute atomic E-state index is 9.89. The van der Waals surface area contributed by atoms with Crippen LogP contribution in [0.1, 0.15) is 18.9 Å². The lowest BCUT2D eigenvalue weighted by Gasteiger charge is -2.22. The van der Waals surface area contributed by atoms with Crippen LogP contribution in [-0.2, 0) is 0 Å². The number of phenolic OH excluding ortho intramolecular Hbond substituents is 1. The molecule has 29 heavy (non-hydrogen) atoms. The van der Waals surface area contributed by atoms with Gasteiger partial charge in [-0.2, -0.15) is 5.10 Å². The van der Waals surface area contributed by atoms with Gasteiger partial charge in [-0.25, -0.2) is 9.97 Å². The molecule has 148 valence electrons. The van der Waals surface area contributed by atoms with E-state index in [1.165, 1.54) is 6.33 Å². The van der Waals surface area contributed by atoms with Crippen LogP contribution in [0.5, 0.6) is 5.75 Å². The summed E-state index contributed by atoms with van der Waals surface area (Å²) in [7, 11) is 0. The third-order valence-electron chi connectivity index (χ3n) is 5.36. The number of nitrogens with zero attached hydrogens (tertiary/aromatic N) is 4. The fraction of sp³-hybridized carbons (Fsp3) is 0.250. The molecule has 3 N–H and O–H groups in total. The Morgan fingerprint density at radius 1 is 1.07 bits per heavy atom. The number of aromatic nitrogens is 5. The van der Waals surface area contributed by atoms with Crippen molar-refractivity contribution in [3.05, 3.63) is 47.1 Å². The van der Waals surface area contributed by atoms with Gasteiger partial charge in [0, 0.05) is 23.5 Å². The third kappa shape index (κ3) is 3.25. The second-order valence-corrected chi connectivity index (χ2v) is 7.94. The summed E-state index contributed by atoms with van der Waals surface area (Å²) in [6, 6.07) is 3.75. The Bertz CT molecular complexity index is 1170. The normalized spacial score (nSPS) is 15.2. The topological polar surface area (TPSA) is 91.7 Å². The van der Waals surface area contributed by atoms with Gasteiger partial charge in [-0.3, -0.25) is 4.68 Å². The van der Waals surface area contributed by atoms with Gasteiger partial charge < -0.3 is 15.4 Å². The fourth-order valence-corrected chi connectivity index (χ4v) is 4.35. The van der Waals surface area contributed by atoms with Crippen LogP contribution in [-0.4, -0.2) is 42.9 Å². The summed E-state index contributed by atoms with van der Waals surface area (Å²) in [5, 5.41) is 19.1. The summed E-state index contributed by atoms with van der Waals surface area (Å²) in [6.45, 7) is 2.00. The molecule has 4 aromatic rings. The van der Waals surface area contributed by atoms with Crippen molar-refractivity contribution in [1.29, 1.82) is 0 Å². The van der Waals surface area contributed by atoms with Crippen LogP contribution < -0.4 is 5.32 Å². The highest BCUT2D eigenvalue weighted by molar-refractivity contribution is 6.37. The first-order valence-electron chi connectivity index (χ1n) is 9.37. The molecule has 9 heteroatoms. The number of H-pyrrole nitrogens is 1. The lowest BCUT2D eigenvalue weighted by molar-refractivity contribution is 0.343. The number of halogens is 2. The van der Waals surface area contributed by atoms with Crippen molar-refractivity contribution >= 4 is 34.2 Å². The van der Waals surface area contributed by atoms with Crippen molar-refractivity contribution in [2.24, 2.45) is 0 Å². The molecule has 1 aliphatic rings. The summed E-state index contributed by atoms with van der Waals surface area (Å²) in [4.78, 5) is 12.1. The first-order chi connectivity index (χ1) is 14.1. The summed E-state index contributed by atoms with van der Waals surface area (Å²) in [5.41, 5.74) is 4.04. The van der Waals surface area contributed by atoms with E-state index in [0.29, 0.717) is 11.7 Å². The van der Waals surface area contributed by atoms with Gasteiger partial charge >= 0.3 is 0 Å². The van der Waals surface area contributed by atoms with Gasteiger partial charge in [-0.1, -0.05) is 23.2 Å². The zero-order valence-corrected chi connectivity index (χ0v) is 16.9. The smallest absolute Gasteiger partial charge is 0.152 e. The van der Waals surface area contributed by atoms with Crippen molar-refractivity contribution < 1.29 is 5.11 Å². The minimum atomic E-state index is -0.128. The first-order valence-corrected chi connectivity index (χ1v) is 10.1. The predicted octanol–water partition coefficient (Wildman–Crippen LogP) is 4.43. The Labute approximate surface area is 176 Å². The minimum absolute atomic E-state index is 0.128. The molecule has 0 saturated carbocycles. The van der Waals surface area contributed by atoms with Crippen LogP contribution in [0.2, 0.25) is 10.0 Å². The highest BCUT2D eigenvalue weighted by atomic mass is 35.5. The van der Waals surface area contributed by atoms with Crippen LogP contribution in [0.15, 0.2) is 37.1 Å². The maximum atomic E-state index is 9.89. The van der Waals surface area contributed by atoms with Crippen LogP contribution in [0.4, 0.5) is 0 Å². The van der Waals surface area contributed by atoms with Crippen LogP contribution in [0.3, 0.4) is 0 Å². The largest absolute Gasteiger partial charge is 0.505 e. The minimum Gasteiger partial charge on any atom is -0.505 e. The van der Waals surface area contributed by atoms with E-state index < -0.39 is 0 Å². The van der Waals surface area contributed by atoms with Gasteiger partial charge in [0.15, 0.2) is 5.75 Å². The number of hydrogen-bond acceptors (Lipinski definition) is 5. The molecule has 0 radical (unpaired) electrons. The lowest BCUT2D eigenvalue weighted by Crippen LogP contribution is -2.29. The van der Waals surface area contributed by atoms with Crippen molar-refractivity contribution in [1.82, 2.24) is 30.0 Å². The number of nitrogens with one attached hydrogen (secondary N) is 2. The van der Waals surface area contributed by atoms with Crippen molar-refractivity contribution in [2.45, 2.75) is 18.9 Å². The van der Waals surface area contributed by atoms with Crippen LogP contribution >= 0.6 is 23.2 Å². The maximum Gasteiger partial charge on any atom is 0.152 e. The lowest BCUT2D eigenvalue weighted by atomic mass is 10.0. The number of fused-ring (bicyclic) bond motifs is 1. The molecule has 3 aromatic heterocycles. The molecule has 4 heterocycles. The highest BCUT2D eigenvalue weighted by Gasteiger charge is 2.20. The molecular weight excluding hydrogens is 411 g/mol. The highest BCUT2D eigenvalue weighted by Crippen LogP contribution is 2.40. The molecule has 0 atom stereocenters. The summed E-state index contributed by atoms with van der Waals surface area (Å²) in [6.07, 6.45) is 9.39. The molecule has 1 fully saturated rings. The van der Waals surface area contributed by atoms with E-state index in [1.54, 1.807) is 12.1 Å². The number of phenols is 1. The average Bonchev–Trinajstić information content (AvgIpc) is 3.40. The number of benzene rings is 1.